The summed E-state index contributed by atoms with van der Waals surface area (Å²) in [6, 6.07) is 0. The van der Waals surface area contributed by atoms with Crippen LogP contribution in [0.4, 0.5) is 0 Å². The van der Waals surface area contributed by atoms with Crippen LogP contribution in [-0.2, 0) is 32.7 Å². The Kier molecular flexibility index (Phi) is 53.2. The zero-order chi connectivity index (χ0) is 50.2. The number of carbonyl (C=O) groups is 2. The van der Waals surface area contributed by atoms with Gasteiger partial charge < -0.3 is 20.1 Å². The highest BCUT2D eigenvalue weighted by Gasteiger charge is 2.26. The molecule has 0 aromatic rings. The molecule has 9 nitrogen and oxygen atoms in total. The first kappa shape index (κ1) is 66.7. The summed E-state index contributed by atoms with van der Waals surface area (Å²) >= 11 is 0. The lowest BCUT2D eigenvalue weighted by Gasteiger charge is -2.19. The molecule has 2 unspecified atom stereocenters. The average molecular weight is 990 g/mol. The second-order valence-corrected chi connectivity index (χ2v) is 20.6. The highest BCUT2D eigenvalue weighted by atomic mass is 31.2. The van der Waals surface area contributed by atoms with Gasteiger partial charge in [0.15, 0.2) is 6.10 Å². The van der Waals surface area contributed by atoms with Crippen molar-refractivity contribution in [2.45, 2.75) is 277 Å². The number of phosphoric ester groups is 1. The lowest BCUT2D eigenvalue weighted by Crippen LogP contribution is -2.29. The summed E-state index contributed by atoms with van der Waals surface area (Å²) in [5.74, 6) is -0.835. The molecule has 0 amide bonds. The maximum absolute atomic E-state index is 12.7. The fraction of sp³-hybridized carbons (Fsp3) is 0.797. The zero-order valence-corrected chi connectivity index (χ0v) is 45.7. The van der Waals surface area contributed by atoms with Crippen molar-refractivity contribution in [1.82, 2.24) is 0 Å². The van der Waals surface area contributed by atoms with E-state index < -0.39 is 26.5 Å². The number of hydrogen-bond donors (Lipinski definition) is 2. The molecule has 0 aliphatic rings. The van der Waals surface area contributed by atoms with Gasteiger partial charge in [-0.25, -0.2) is 4.57 Å². The molecule has 0 bridgehead atoms. The number of allylic oxidation sites excluding steroid dienone is 10. The summed E-state index contributed by atoms with van der Waals surface area (Å²) in [5.41, 5.74) is 5.38. The molecule has 2 atom stereocenters. The van der Waals surface area contributed by atoms with Crippen molar-refractivity contribution in [3.63, 3.8) is 0 Å². The van der Waals surface area contributed by atoms with E-state index in [9.17, 15) is 19.0 Å². The molecule has 0 saturated carbocycles. The van der Waals surface area contributed by atoms with Crippen molar-refractivity contribution < 1.29 is 37.6 Å². The molecule has 0 radical (unpaired) electrons. The van der Waals surface area contributed by atoms with Crippen LogP contribution in [0, 0.1) is 0 Å². The van der Waals surface area contributed by atoms with Crippen LogP contribution < -0.4 is 5.73 Å². The van der Waals surface area contributed by atoms with E-state index >= 15 is 0 Å². The number of phosphoric acid groups is 1. The third kappa shape index (κ3) is 54.9. The summed E-state index contributed by atoms with van der Waals surface area (Å²) < 4.78 is 33.0. The van der Waals surface area contributed by atoms with Crippen LogP contribution in [-0.4, -0.2) is 49.3 Å². The monoisotopic (exact) mass is 990 g/mol. The first-order chi connectivity index (χ1) is 33.8. The Hall–Kier alpha value is -2.29. The minimum absolute atomic E-state index is 0.0499. The molecule has 3 N–H and O–H groups in total. The summed E-state index contributed by atoms with van der Waals surface area (Å²) in [5, 5.41) is 0. The molecule has 0 spiro atoms. The molecule has 69 heavy (non-hydrogen) atoms. The van der Waals surface area contributed by atoms with E-state index in [0.717, 1.165) is 77.0 Å². The Morgan fingerprint density at radius 2 is 0.754 bits per heavy atom. The number of hydrogen-bond acceptors (Lipinski definition) is 8. The van der Waals surface area contributed by atoms with Gasteiger partial charge in [0.25, 0.3) is 0 Å². The molecule has 0 fully saturated rings. The van der Waals surface area contributed by atoms with Crippen LogP contribution in [0.3, 0.4) is 0 Å². The van der Waals surface area contributed by atoms with Crippen molar-refractivity contribution in [3.05, 3.63) is 60.8 Å². The standard InChI is InChI=1S/C59H108NO8P/c1-3-5-7-9-11-13-15-17-19-21-23-24-25-26-27-28-29-30-31-32-34-35-37-39-41-43-45-47-49-51-58(61)65-55-57(56-67-69(63,64)66-54-53-60)68-59(62)52-50-48-46-44-42-40-38-36-33-22-20-18-16-14-12-10-8-6-4-2/h12,14-15,17-18,20-21,23,33,36,57H,3-11,13,16,19,22,24-32,34-35,37-56,60H2,1-2H3,(H,63,64)/b14-12-,17-15-,20-18-,23-21-,36-33-. The Morgan fingerprint density at radius 3 is 1.14 bits per heavy atom. The fourth-order valence-electron chi connectivity index (χ4n) is 8.09. The maximum Gasteiger partial charge on any atom is 0.472 e. The van der Waals surface area contributed by atoms with E-state index in [1.807, 2.05) is 0 Å². The van der Waals surface area contributed by atoms with Crippen LogP contribution in [0.1, 0.15) is 271 Å². The quantitative estimate of drug-likeness (QED) is 0.0264. The highest BCUT2D eigenvalue weighted by Crippen LogP contribution is 2.43. The molecule has 0 rings (SSSR count). The Labute approximate surface area is 425 Å². The first-order valence-electron chi connectivity index (χ1n) is 28.8. The molecule has 0 aliphatic heterocycles. The van der Waals surface area contributed by atoms with Crippen LogP contribution in [0.15, 0.2) is 60.8 Å². The van der Waals surface area contributed by atoms with Gasteiger partial charge in [0.1, 0.15) is 6.61 Å². The molecule has 10 heteroatoms. The summed E-state index contributed by atoms with van der Waals surface area (Å²) in [7, 11) is -4.39. The van der Waals surface area contributed by atoms with Crippen LogP contribution >= 0.6 is 7.82 Å². The number of carbonyl (C=O) groups excluding carboxylic acids is 2. The van der Waals surface area contributed by atoms with E-state index in [4.69, 9.17) is 24.3 Å². The Balaban J connectivity index is 3.95. The molecule has 0 saturated heterocycles. The maximum atomic E-state index is 12.7. The SMILES string of the molecule is CCCCC/C=C\C/C=C\C/C=C\CCCCCCCCC(=O)OC(COC(=O)CCCCCCCCCCCCCCCCCCC/C=C\C/C=C\CCCCCCC)COP(=O)(O)OCCN. The van der Waals surface area contributed by atoms with Gasteiger partial charge in [0.2, 0.25) is 0 Å². The van der Waals surface area contributed by atoms with Crippen LogP contribution in [0.5, 0.6) is 0 Å². The predicted octanol–water partition coefficient (Wildman–Crippen LogP) is 18.0. The average Bonchev–Trinajstić information content (AvgIpc) is 3.34. The smallest absolute Gasteiger partial charge is 0.462 e. The van der Waals surface area contributed by atoms with Gasteiger partial charge >= 0.3 is 19.8 Å². The lowest BCUT2D eigenvalue weighted by atomic mass is 10.0. The molecule has 0 aromatic carbocycles. The predicted molar refractivity (Wildman–Crippen MR) is 293 cm³/mol. The minimum Gasteiger partial charge on any atom is -0.462 e. The fourth-order valence-corrected chi connectivity index (χ4v) is 8.85. The number of ether oxygens (including phenoxy) is 2. The van der Waals surface area contributed by atoms with Crippen molar-refractivity contribution in [3.8, 4) is 0 Å². The summed E-state index contributed by atoms with van der Waals surface area (Å²) in [4.78, 5) is 35.1. The van der Waals surface area contributed by atoms with E-state index in [0.29, 0.717) is 6.42 Å². The van der Waals surface area contributed by atoms with Crippen molar-refractivity contribution >= 4 is 19.8 Å². The first-order valence-corrected chi connectivity index (χ1v) is 30.3. The van der Waals surface area contributed by atoms with Crippen molar-refractivity contribution in [2.24, 2.45) is 5.73 Å². The largest absolute Gasteiger partial charge is 0.472 e. The molecule has 0 aliphatic carbocycles. The molecular formula is C59H108NO8P. The van der Waals surface area contributed by atoms with E-state index in [1.165, 1.54) is 161 Å². The highest BCUT2D eigenvalue weighted by molar-refractivity contribution is 7.47. The minimum atomic E-state index is -4.39. The Bertz CT molecular complexity index is 1310. The number of rotatable bonds is 54. The van der Waals surface area contributed by atoms with Crippen molar-refractivity contribution in [2.75, 3.05) is 26.4 Å². The van der Waals surface area contributed by atoms with E-state index in [2.05, 4.69) is 74.6 Å². The zero-order valence-electron chi connectivity index (χ0n) is 44.8. The van der Waals surface area contributed by atoms with Gasteiger partial charge in [0, 0.05) is 19.4 Å². The van der Waals surface area contributed by atoms with Crippen LogP contribution in [0.2, 0.25) is 0 Å². The van der Waals surface area contributed by atoms with Gasteiger partial charge in [-0.05, 0) is 83.5 Å². The second kappa shape index (κ2) is 55.0. The molecule has 0 heterocycles. The number of nitrogens with two attached hydrogens (primary N) is 1. The third-order valence-electron chi connectivity index (χ3n) is 12.4. The topological polar surface area (TPSA) is 134 Å². The van der Waals surface area contributed by atoms with E-state index in [-0.39, 0.29) is 38.6 Å². The number of esters is 2. The van der Waals surface area contributed by atoms with Crippen molar-refractivity contribution in [1.29, 1.82) is 0 Å². The number of unbranched alkanes of at least 4 members (excludes halogenated alkanes) is 31. The van der Waals surface area contributed by atoms with Gasteiger partial charge in [-0.15, -0.1) is 0 Å². The van der Waals surface area contributed by atoms with Gasteiger partial charge in [-0.1, -0.05) is 235 Å². The van der Waals surface area contributed by atoms with Gasteiger partial charge in [-0.2, -0.15) is 0 Å². The summed E-state index contributed by atoms with van der Waals surface area (Å²) in [6.07, 6.45) is 68.5. The lowest BCUT2D eigenvalue weighted by molar-refractivity contribution is -0.161. The van der Waals surface area contributed by atoms with Gasteiger partial charge in [0.05, 0.1) is 13.2 Å². The Morgan fingerprint density at radius 1 is 0.435 bits per heavy atom. The normalized spacial score (nSPS) is 13.5. The van der Waals surface area contributed by atoms with E-state index in [1.54, 1.807) is 0 Å². The molecule has 0 aromatic heterocycles. The summed E-state index contributed by atoms with van der Waals surface area (Å²) in [6.45, 7) is 3.71. The second-order valence-electron chi connectivity index (χ2n) is 19.2. The molecule has 402 valence electrons. The molecular weight excluding hydrogens is 882 g/mol. The third-order valence-corrected chi connectivity index (χ3v) is 13.4. The van der Waals surface area contributed by atoms with Crippen LogP contribution in [0.25, 0.3) is 0 Å². The van der Waals surface area contributed by atoms with Gasteiger partial charge in [-0.3, -0.25) is 18.6 Å².